The van der Waals surface area contributed by atoms with Crippen LogP contribution in [-0.2, 0) is 28.7 Å². The normalized spacial score (nSPS) is 27.9. The van der Waals surface area contributed by atoms with Crippen molar-refractivity contribution >= 4 is 11.5 Å². The highest BCUT2D eigenvalue weighted by molar-refractivity contribution is 5.58. The Morgan fingerprint density at radius 3 is 2.84 bits per heavy atom. The van der Waals surface area contributed by atoms with Crippen LogP contribution >= 0.6 is 0 Å². The molecule has 45 heavy (non-hydrogen) atoms. The number of nitrogens with two attached hydrogens (primary N) is 1. The van der Waals surface area contributed by atoms with Crippen molar-refractivity contribution in [3.8, 4) is 17.9 Å². The lowest BCUT2D eigenvalue weighted by Crippen LogP contribution is -2.44. The van der Waals surface area contributed by atoms with Crippen LogP contribution in [0.1, 0.15) is 67.2 Å². The van der Waals surface area contributed by atoms with Gasteiger partial charge in [0.15, 0.2) is 0 Å². The highest BCUT2D eigenvalue weighted by Crippen LogP contribution is 2.44. The molecule has 3 fully saturated rings. The van der Waals surface area contributed by atoms with E-state index in [0.717, 1.165) is 19.4 Å². The number of halogens is 4. The maximum atomic E-state index is 14.4. The summed E-state index contributed by atoms with van der Waals surface area (Å²) in [6.45, 7) is 5.77. The molecule has 0 aliphatic carbocycles. The smallest absolute Gasteiger partial charge is 0.417 e. The van der Waals surface area contributed by atoms with E-state index in [1.807, 2.05) is 4.90 Å². The van der Waals surface area contributed by atoms with Gasteiger partial charge in [0.05, 0.1) is 55.6 Å². The molecule has 4 aliphatic heterocycles. The molecule has 0 saturated carbocycles. The Hall–Kier alpha value is -3.44. The fourth-order valence-electron chi connectivity index (χ4n) is 7.08. The van der Waals surface area contributed by atoms with E-state index in [1.165, 1.54) is 19.1 Å². The average molecular weight is 632 g/mol. The van der Waals surface area contributed by atoms with E-state index >= 15 is 0 Å². The molecule has 2 aromatic rings. The van der Waals surface area contributed by atoms with Gasteiger partial charge < -0.3 is 30.0 Å². The molecule has 1 unspecified atom stereocenters. The van der Waals surface area contributed by atoms with Gasteiger partial charge in [-0.25, -0.2) is 4.39 Å². The summed E-state index contributed by atoms with van der Waals surface area (Å²) in [6, 6.07) is 2.57. The zero-order chi connectivity index (χ0) is 32.0. The number of rotatable bonds is 5. The number of β-amino-alcohol motifs (C(OH)–C–C–N with tert-alkyl or cyclic N) is 1. The summed E-state index contributed by atoms with van der Waals surface area (Å²) in [5.41, 5.74) is 5.22. The minimum atomic E-state index is -4.70. The first kappa shape index (κ1) is 31.5. The van der Waals surface area contributed by atoms with Crippen molar-refractivity contribution in [3.05, 3.63) is 52.0 Å². The molecule has 0 radical (unpaired) electrons. The van der Waals surface area contributed by atoms with Gasteiger partial charge in [-0.1, -0.05) is 5.92 Å². The lowest BCUT2D eigenvalue weighted by molar-refractivity contribution is -0.140. The maximum absolute atomic E-state index is 14.4. The zero-order valence-corrected chi connectivity index (χ0v) is 25.3. The molecule has 9 nitrogen and oxygen atoms in total. The molecule has 13 heteroatoms. The molecule has 3 atom stereocenters. The van der Waals surface area contributed by atoms with Gasteiger partial charge in [-0.05, 0) is 62.9 Å². The summed E-state index contributed by atoms with van der Waals surface area (Å²) in [5, 5.41) is 10.9. The van der Waals surface area contributed by atoms with Crippen molar-refractivity contribution in [2.75, 3.05) is 56.6 Å². The Balaban J connectivity index is 1.38. The number of alkyl halides is 3. The third kappa shape index (κ3) is 6.34. The predicted octanol–water partition coefficient (Wildman–Crippen LogP) is 4.32. The SMILES string of the molecule is CC#Cc1cc(N)cc(C2Cc3nc(OC[C@@]45CCCN4C/C(=C\F)C5)nc(N4CCOC[C@@](C)(O)C4)c3CO2)c1C(F)(F)F. The molecule has 6 rings (SSSR count). The van der Waals surface area contributed by atoms with E-state index in [9.17, 15) is 22.7 Å². The molecule has 0 bridgehead atoms. The number of fused-ring (bicyclic) bond motifs is 2. The molecule has 1 aromatic carbocycles. The van der Waals surface area contributed by atoms with E-state index in [0.29, 0.717) is 55.1 Å². The van der Waals surface area contributed by atoms with E-state index in [2.05, 4.69) is 16.7 Å². The first-order valence-electron chi connectivity index (χ1n) is 15.1. The quantitative estimate of drug-likeness (QED) is 0.284. The van der Waals surface area contributed by atoms with Gasteiger partial charge in [0.25, 0.3) is 0 Å². The van der Waals surface area contributed by atoms with Gasteiger partial charge in [0.2, 0.25) is 0 Å². The largest absolute Gasteiger partial charge is 0.461 e. The molecule has 0 spiro atoms. The molecule has 4 aliphatic rings. The molecule has 0 amide bonds. The van der Waals surface area contributed by atoms with Crippen molar-refractivity contribution < 1.29 is 36.9 Å². The van der Waals surface area contributed by atoms with Gasteiger partial charge in [0, 0.05) is 36.3 Å². The highest BCUT2D eigenvalue weighted by Gasteiger charge is 2.47. The number of aliphatic hydroxyl groups is 1. The Morgan fingerprint density at radius 1 is 1.27 bits per heavy atom. The number of benzene rings is 1. The topological polar surface area (TPSA) is 106 Å². The number of nitrogen functional groups attached to an aromatic ring is 1. The number of anilines is 2. The third-order valence-electron chi connectivity index (χ3n) is 9.00. The van der Waals surface area contributed by atoms with E-state index in [-0.39, 0.29) is 61.1 Å². The van der Waals surface area contributed by atoms with Crippen molar-refractivity contribution in [1.82, 2.24) is 14.9 Å². The molecule has 3 saturated heterocycles. The fraction of sp³-hybridized carbons (Fsp3) is 0.562. The second-order valence-electron chi connectivity index (χ2n) is 12.6. The summed E-state index contributed by atoms with van der Waals surface area (Å²) in [7, 11) is 0. The van der Waals surface area contributed by atoms with Crippen LogP contribution in [0, 0.1) is 11.8 Å². The monoisotopic (exact) mass is 631 g/mol. The van der Waals surface area contributed by atoms with E-state index in [4.69, 9.17) is 29.9 Å². The van der Waals surface area contributed by atoms with Crippen molar-refractivity contribution in [2.45, 2.75) is 69.6 Å². The Bertz CT molecular complexity index is 1550. The molecule has 1 aromatic heterocycles. The summed E-state index contributed by atoms with van der Waals surface area (Å²) in [4.78, 5) is 13.6. The maximum Gasteiger partial charge on any atom is 0.417 e. The lowest BCUT2D eigenvalue weighted by Gasteiger charge is -2.34. The van der Waals surface area contributed by atoms with Gasteiger partial charge in [-0.15, -0.1) is 5.92 Å². The van der Waals surface area contributed by atoms with Gasteiger partial charge in [-0.3, -0.25) is 4.90 Å². The minimum absolute atomic E-state index is 0.000518. The van der Waals surface area contributed by atoms with Crippen LogP contribution in [0.5, 0.6) is 6.01 Å². The standard InChI is InChI=1S/C32H37F4N5O4/c1-3-5-21-10-22(37)11-23(27(21)32(34,35)36)26-12-25-24(16-44-26)28(40-8-9-43-18-30(2,42)17-40)39-29(38-25)45-19-31-6-4-7-41(31)15-20(13-31)14-33/h10-11,14,26,42H,4,6-9,12-13,15-19,37H2,1-2H3/b20-14-/t26?,30-,31-/m0/s1. The Morgan fingerprint density at radius 2 is 2.09 bits per heavy atom. The van der Waals surface area contributed by atoms with Gasteiger partial charge in [-0.2, -0.15) is 23.1 Å². The van der Waals surface area contributed by atoms with Crippen LogP contribution in [0.2, 0.25) is 0 Å². The number of nitrogens with zero attached hydrogens (tertiary/aromatic N) is 4. The van der Waals surface area contributed by atoms with Crippen molar-refractivity contribution in [1.29, 1.82) is 0 Å². The van der Waals surface area contributed by atoms with E-state index in [1.54, 1.807) is 6.92 Å². The molecule has 3 N–H and O–H groups in total. The molecule has 242 valence electrons. The summed E-state index contributed by atoms with van der Waals surface area (Å²) < 4.78 is 74.7. The highest BCUT2D eigenvalue weighted by atomic mass is 19.4. The first-order chi connectivity index (χ1) is 21.4. The van der Waals surface area contributed by atoms with Crippen LogP contribution in [0.4, 0.5) is 29.1 Å². The fourth-order valence-corrected chi connectivity index (χ4v) is 7.08. The summed E-state index contributed by atoms with van der Waals surface area (Å²) in [6.07, 6.45) is -2.70. The van der Waals surface area contributed by atoms with Crippen molar-refractivity contribution in [3.63, 3.8) is 0 Å². The van der Waals surface area contributed by atoms with Crippen LogP contribution in [0.3, 0.4) is 0 Å². The molecular weight excluding hydrogens is 594 g/mol. The molecule has 5 heterocycles. The van der Waals surface area contributed by atoms with Crippen LogP contribution in [0.15, 0.2) is 24.0 Å². The van der Waals surface area contributed by atoms with Crippen LogP contribution < -0.4 is 15.4 Å². The lowest BCUT2D eigenvalue weighted by atomic mass is 9.91. The second kappa shape index (κ2) is 12.1. The summed E-state index contributed by atoms with van der Waals surface area (Å²) >= 11 is 0. The minimum Gasteiger partial charge on any atom is -0.461 e. The van der Waals surface area contributed by atoms with Gasteiger partial charge in [0.1, 0.15) is 18.0 Å². The van der Waals surface area contributed by atoms with Crippen LogP contribution in [-0.4, -0.2) is 77.1 Å². The Kier molecular flexibility index (Phi) is 8.45. The third-order valence-corrected chi connectivity index (χ3v) is 9.00. The first-order valence-corrected chi connectivity index (χ1v) is 15.1. The van der Waals surface area contributed by atoms with Crippen LogP contribution in [0.25, 0.3) is 0 Å². The van der Waals surface area contributed by atoms with E-state index < -0.39 is 23.4 Å². The second-order valence-corrected chi connectivity index (χ2v) is 12.6. The van der Waals surface area contributed by atoms with Gasteiger partial charge >= 0.3 is 12.2 Å². The number of hydrogen-bond donors (Lipinski definition) is 2. The number of ether oxygens (including phenoxy) is 3. The molecular formula is C32H37F4N5O4. The van der Waals surface area contributed by atoms with Crippen molar-refractivity contribution in [2.24, 2.45) is 0 Å². The number of hydrogen-bond acceptors (Lipinski definition) is 9. The summed E-state index contributed by atoms with van der Waals surface area (Å²) in [5.74, 6) is 5.55. The average Bonchev–Trinajstić information content (AvgIpc) is 3.47. The number of aromatic nitrogens is 2. The Labute approximate surface area is 259 Å². The zero-order valence-electron chi connectivity index (χ0n) is 25.3. The predicted molar refractivity (Wildman–Crippen MR) is 158 cm³/mol.